The summed E-state index contributed by atoms with van der Waals surface area (Å²) < 4.78 is 62.2. The average molecular weight is 397 g/mol. The monoisotopic (exact) mass is 397 g/mol. The van der Waals surface area contributed by atoms with Crippen molar-refractivity contribution < 1.29 is 22.3 Å². The minimum Gasteiger partial charge on any atom is -0.379 e. The summed E-state index contributed by atoms with van der Waals surface area (Å²) in [5, 5.41) is 0.215. The van der Waals surface area contributed by atoms with Crippen LogP contribution in [0, 0.1) is 23.5 Å². The average Bonchev–Trinajstić information content (AvgIpc) is 3.01. The number of aliphatic imine (C=N–C) groups is 1. The summed E-state index contributed by atoms with van der Waals surface area (Å²) in [6.45, 7) is -0.847. The van der Waals surface area contributed by atoms with Gasteiger partial charge in [0.2, 0.25) is 5.95 Å². The minimum atomic E-state index is -1.28. The molecule has 0 amide bonds. The number of hydrogen-bond donors (Lipinski definition) is 1. The molecule has 1 fully saturated rings. The lowest BCUT2D eigenvalue weighted by Gasteiger charge is -2.35. The molecule has 142 valence electrons. The Hall–Kier alpha value is -2.13. The van der Waals surface area contributed by atoms with Crippen LogP contribution in [-0.2, 0) is 10.3 Å². The molecule has 27 heavy (non-hydrogen) atoms. The van der Waals surface area contributed by atoms with E-state index in [1.807, 2.05) is 0 Å². The van der Waals surface area contributed by atoms with Crippen LogP contribution in [0.3, 0.4) is 0 Å². The quantitative estimate of drug-likeness (QED) is 0.637. The van der Waals surface area contributed by atoms with Gasteiger partial charge in [-0.3, -0.25) is 0 Å². The van der Waals surface area contributed by atoms with Gasteiger partial charge in [0.05, 0.1) is 12.7 Å². The number of ether oxygens (including phenoxy) is 1. The molecule has 4 rings (SSSR count). The van der Waals surface area contributed by atoms with Gasteiger partial charge in [0.1, 0.15) is 23.8 Å². The molecule has 0 saturated carbocycles. The van der Waals surface area contributed by atoms with Crippen molar-refractivity contribution >= 4 is 16.9 Å². The van der Waals surface area contributed by atoms with Crippen LogP contribution in [0.4, 0.5) is 17.6 Å². The molecule has 2 N–H and O–H groups in total. The van der Waals surface area contributed by atoms with E-state index in [1.165, 1.54) is 36.2 Å². The number of nitrogens with two attached hydrogens (primary N) is 1. The molecule has 2 aliphatic rings. The summed E-state index contributed by atoms with van der Waals surface area (Å²) in [6.07, 6.45) is 0.466. The molecule has 0 unspecified atom stereocenters. The lowest BCUT2D eigenvalue weighted by molar-refractivity contribution is 0.0721. The lowest BCUT2D eigenvalue weighted by atomic mass is 9.78. The van der Waals surface area contributed by atoms with Crippen LogP contribution in [0.5, 0.6) is 0 Å². The van der Waals surface area contributed by atoms with Crippen LogP contribution in [0.25, 0.3) is 11.1 Å². The third-order valence-electron chi connectivity index (χ3n) is 5.02. The van der Waals surface area contributed by atoms with E-state index >= 15 is 0 Å². The molecule has 1 aromatic carbocycles. The number of pyridine rings is 1. The summed E-state index contributed by atoms with van der Waals surface area (Å²) in [7, 11) is 0. The van der Waals surface area contributed by atoms with Gasteiger partial charge in [0.15, 0.2) is 5.17 Å². The molecule has 0 radical (unpaired) electrons. The predicted molar refractivity (Wildman–Crippen MR) is 94.5 cm³/mol. The van der Waals surface area contributed by atoms with Crippen LogP contribution in [-0.4, -0.2) is 35.3 Å². The Labute approximate surface area is 156 Å². The fraction of sp³-hybridized carbons (Fsp3) is 0.333. The highest BCUT2D eigenvalue weighted by Crippen LogP contribution is 2.49. The molecule has 2 aliphatic heterocycles. The Morgan fingerprint density at radius 2 is 2.04 bits per heavy atom. The summed E-state index contributed by atoms with van der Waals surface area (Å²) in [4.78, 5) is 7.90. The van der Waals surface area contributed by atoms with Crippen LogP contribution < -0.4 is 5.73 Å². The second-order valence-corrected chi connectivity index (χ2v) is 7.49. The number of nitrogens with zero attached hydrogens (tertiary/aromatic N) is 2. The minimum absolute atomic E-state index is 0.00588. The number of hydrogen-bond acceptors (Lipinski definition) is 5. The van der Waals surface area contributed by atoms with Crippen LogP contribution in [0.2, 0.25) is 0 Å². The first kappa shape index (κ1) is 18.2. The van der Waals surface area contributed by atoms with Crippen molar-refractivity contribution in [1.29, 1.82) is 0 Å². The molecular weight excluding hydrogens is 382 g/mol. The molecule has 4 nitrogen and oxygen atoms in total. The SMILES string of the molecule is NC1=N[C@@]2(c3cc(-c4cccnc4F)c(F)cc3F)CO[C@H](CF)[C@H]2CS1. The highest BCUT2D eigenvalue weighted by atomic mass is 32.2. The third kappa shape index (κ3) is 2.89. The van der Waals surface area contributed by atoms with Crippen LogP contribution in [0.1, 0.15) is 5.56 Å². The van der Waals surface area contributed by atoms with Crippen molar-refractivity contribution in [2.24, 2.45) is 16.6 Å². The molecule has 0 aliphatic carbocycles. The van der Waals surface area contributed by atoms with E-state index in [9.17, 15) is 17.6 Å². The zero-order valence-electron chi connectivity index (χ0n) is 14.0. The number of aromatic nitrogens is 1. The maximum atomic E-state index is 14.8. The topological polar surface area (TPSA) is 60.5 Å². The van der Waals surface area contributed by atoms with Crippen molar-refractivity contribution in [2.75, 3.05) is 19.0 Å². The van der Waals surface area contributed by atoms with Crippen molar-refractivity contribution in [1.82, 2.24) is 4.98 Å². The first-order valence-corrected chi connectivity index (χ1v) is 9.21. The number of thioether (sulfide) groups is 1. The van der Waals surface area contributed by atoms with Gasteiger partial charge in [-0.15, -0.1) is 0 Å². The Balaban J connectivity index is 1.92. The summed E-state index contributed by atoms with van der Waals surface area (Å²) >= 11 is 1.23. The van der Waals surface area contributed by atoms with Gasteiger partial charge in [-0.1, -0.05) is 11.8 Å². The molecule has 1 saturated heterocycles. The number of alkyl halides is 1. The van der Waals surface area contributed by atoms with E-state index in [2.05, 4.69) is 9.98 Å². The van der Waals surface area contributed by atoms with E-state index in [-0.39, 0.29) is 28.5 Å². The van der Waals surface area contributed by atoms with Crippen LogP contribution in [0.15, 0.2) is 35.5 Å². The Bertz CT molecular complexity index is 925. The number of benzene rings is 1. The molecule has 1 aromatic heterocycles. The Morgan fingerprint density at radius 1 is 1.22 bits per heavy atom. The highest BCUT2D eigenvalue weighted by Gasteiger charge is 2.54. The number of rotatable bonds is 3. The van der Waals surface area contributed by atoms with Gasteiger partial charge in [0, 0.05) is 40.6 Å². The number of halogens is 4. The number of amidine groups is 1. The standard InChI is InChI=1S/C18H15F4N3OS/c19-6-15-12-7-27-17(23)25-18(12,8-26-15)11-4-10(13(20)5-14(11)21)9-2-1-3-24-16(9)22/h1-5,12,15H,6-8H2,(H2,23,25)/t12-,15-,18-/m1/s1. The van der Waals surface area contributed by atoms with Crippen molar-refractivity contribution in [2.45, 2.75) is 11.6 Å². The molecular formula is C18H15F4N3OS. The second-order valence-electron chi connectivity index (χ2n) is 6.45. The van der Waals surface area contributed by atoms with E-state index in [4.69, 9.17) is 10.5 Å². The fourth-order valence-electron chi connectivity index (χ4n) is 3.69. The normalized spacial score (nSPS) is 27.3. The molecule has 2 aromatic rings. The van der Waals surface area contributed by atoms with Crippen molar-refractivity contribution in [3.8, 4) is 11.1 Å². The zero-order valence-corrected chi connectivity index (χ0v) is 14.8. The predicted octanol–water partition coefficient (Wildman–Crippen LogP) is 3.41. The van der Waals surface area contributed by atoms with E-state index in [0.717, 1.165) is 0 Å². The first-order chi connectivity index (χ1) is 13.0. The highest BCUT2D eigenvalue weighted by molar-refractivity contribution is 8.13. The fourth-order valence-corrected chi connectivity index (χ4v) is 4.76. The molecule has 3 heterocycles. The van der Waals surface area contributed by atoms with Crippen molar-refractivity contribution in [3.05, 3.63) is 53.6 Å². The molecule has 0 bridgehead atoms. The van der Waals surface area contributed by atoms with E-state index in [1.54, 1.807) is 0 Å². The van der Waals surface area contributed by atoms with E-state index in [0.29, 0.717) is 11.8 Å². The first-order valence-electron chi connectivity index (χ1n) is 8.22. The Morgan fingerprint density at radius 3 is 2.78 bits per heavy atom. The van der Waals surface area contributed by atoms with Gasteiger partial charge >= 0.3 is 0 Å². The van der Waals surface area contributed by atoms with Gasteiger partial charge in [-0.25, -0.2) is 23.1 Å². The lowest BCUT2D eigenvalue weighted by Crippen LogP contribution is -2.42. The molecule has 9 heteroatoms. The summed E-state index contributed by atoms with van der Waals surface area (Å²) in [6, 6.07) is 4.68. The van der Waals surface area contributed by atoms with E-state index < -0.39 is 41.8 Å². The van der Waals surface area contributed by atoms with Gasteiger partial charge < -0.3 is 10.5 Å². The summed E-state index contributed by atoms with van der Waals surface area (Å²) in [5.74, 6) is -2.77. The second kappa shape index (κ2) is 6.79. The smallest absolute Gasteiger partial charge is 0.220 e. The number of fused-ring (bicyclic) bond motifs is 1. The van der Waals surface area contributed by atoms with Gasteiger partial charge in [-0.2, -0.15) is 4.39 Å². The van der Waals surface area contributed by atoms with Gasteiger partial charge in [-0.05, 0) is 18.2 Å². The maximum absolute atomic E-state index is 14.8. The zero-order chi connectivity index (χ0) is 19.2. The molecule has 0 spiro atoms. The molecule has 3 atom stereocenters. The maximum Gasteiger partial charge on any atom is 0.220 e. The largest absolute Gasteiger partial charge is 0.379 e. The third-order valence-corrected chi connectivity index (χ3v) is 5.94. The Kier molecular flexibility index (Phi) is 4.59. The summed E-state index contributed by atoms with van der Waals surface area (Å²) in [5.41, 5.74) is 4.32. The van der Waals surface area contributed by atoms with Gasteiger partial charge in [0.25, 0.3) is 0 Å². The van der Waals surface area contributed by atoms with Crippen LogP contribution >= 0.6 is 11.8 Å². The van der Waals surface area contributed by atoms with Crippen molar-refractivity contribution in [3.63, 3.8) is 0 Å².